The molecule has 0 fully saturated rings. The van der Waals surface area contributed by atoms with Crippen LogP contribution in [0, 0.1) is 0 Å². The molecule has 8 nitrogen and oxygen atoms in total. The van der Waals surface area contributed by atoms with Crippen molar-refractivity contribution in [2.75, 3.05) is 18.8 Å². The van der Waals surface area contributed by atoms with Crippen molar-refractivity contribution >= 4 is 10.0 Å². The molecule has 0 radical (unpaired) electrons. The maximum Gasteiger partial charge on any atom is 0.212 e. The van der Waals surface area contributed by atoms with Gasteiger partial charge in [-0.15, -0.1) is 10.2 Å². The van der Waals surface area contributed by atoms with E-state index in [4.69, 9.17) is 0 Å². The third-order valence-electron chi connectivity index (χ3n) is 2.30. The second-order valence-corrected chi connectivity index (χ2v) is 5.91. The van der Waals surface area contributed by atoms with Crippen LogP contribution in [0.1, 0.15) is 38.6 Å². The van der Waals surface area contributed by atoms with Gasteiger partial charge in [-0.2, -0.15) is 5.21 Å². The Morgan fingerprint density at radius 3 is 2.78 bits per heavy atom. The van der Waals surface area contributed by atoms with Crippen LogP contribution in [-0.4, -0.2) is 47.9 Å². The average molecular weight is 276 g/mol. The van der Waals surface area contributed by atoms with E-state index in [1.54, 1.807) is 6.92 Å². The molecule has 18 heavy (non-hydrogen) atoms. The van der Waals surface area contributed by atoms with E-state index < -0.39 is 16.1 Å². The average Bonchev–Trinajstić information content (AvgIpc) is 2.81. The highest BCUT2D eigenvalue weighted by molar-refractivity contribution is 7.89. The molecular formula is C9H20N6O2S. The normalized spacial score (nSPS) is 13.7. The van der Waals surface area contributed by atoms with Crippen LogP contribution < -0.4 is 10.0 Å². The highest BCUT2D eigenvalue weighted by atomic mass is 32.2. The molecule has 104 valence electrons. The number of hydrogen-bond acceptors (Lipinski definition) is 6. The van der Waals surface area contributed by atoms with Gasteiger partial charge in [-0.3, -0.25) is 0 Å². The minimum atomic E-state index is -3.31. The molecule has 0 saturated heterocycles. The van der Waals surface area contributed by atoms with E-state index in [1.807, 2.05) is 0 Å². The minimum Gasteiger partial charge on any atom is -0.317 e. The van der Waals surface area contributed by atoms with E-state index in [0.717, 1.165) is 13.0 Å². The van der Waals surface area contributed by atoms with Crippen molar-refractivity contribution in [1.82, 2.24) is 30.7 Å². The van der Waals surface area contributed by atoms with E-state index in [-0.39, 0.29) is 5.75 Å². The lowest BCUT2D eigenvalue weighted by atomic mass is 10.4. The van der Waals surface area contributed by atoms with E-state index in [0.29, 0.717) is 18.8 Å². The third kappa shape index (κ3) is 5.52. The zero-order valence-corrected chi connectivity index (χ0v) is 11.5. The van der Waals surface area contributed by atoms with Crippen LogP contribution in [0.3, 0.4) is 0 Å². The Morgan fingerprint density at radius 1 is 1.39 bits per heavy atom. The summed E-state index contributed by atoms with van der Waals surface area (Å²) in [6, 6.07) is -0.475. The Bertz CT molecular complexity index is 418. The summed E-state index contributed by atoms with van der Waals surface area (Å²) in [5.41, 5.74) is 0. The van der Waals surface area contributed by atoms with E-state index in [1.165, 1.54) is 0 Å². The lowest BCUT2D eigenvalue weighted by molar-refractivity contribution is 0.554. The van der Waals surface area contributed by atoms with Crippen molar-refractivity contribution in [3.05, 3.63) is 5.82 Å². The second-order valence-electron chi connectivity index (χ2n) is 4.03. The van der Waals surface area contributed by atoms with Gasteiger partial charge in [-0.05, 0) is 32.9 Å². The summed E-state index contributed by atoms with van der Waals surface area (Å²) >= 11 is 0. The van der Waals surface area contributed by atoms with Gasteiger partial charge in [-0.1, -0.05) is 12.1 Å². The Balaban J connectivity index is 2.31. The fraction of sp³-hybridized carbons (Fsp3) is 0.889. The number of nitrogens with zero attached hydrogens (tertiary/aromatic N) is 3. The zero-order valence-electron chi connectivity index (χ0n) is 10.7. The van der Waals surface area contributed by atoms with Crippen LogP contribution in [0.25, 0.3) is 0 Å². The summed E-state index contributed by atoms with van der Waals surface area (Å²) in [7, 11) is -3.31. The van der Waals surface area contributed by atoms with Gasteiger partial charge in [0.2, 0.25) is 10.0 Å². The molecule has 1 atom stereocenters. The van der Waals surface area contributed by atoms with Gasteiger partial charge in [0.1, 0.15) is 0 Å². The Morgan fingerprint density at radius 2 is 2.17 bits per heavy atom. The topological polar surface area (TPSA) is 113 Å². The van der Waals surface area contributed by atoms with Crippen LogP contribution in [0.2, 0.25) is 0 Å². The predicted molar refractivity (Wildman–Crippen MR) is 67.3 cm³/mol. The number of hydrogen-bond donors (Lipinski definition) is 3. The number of H-pyrrole nitrogens is 1. The maximum absolute atomic E-state index is 11.7. The van der Waals surface area contributed by atoms with Gasteiger partial charge >= 0.3 is 0 Å². The van der Waals surface area contributed by atoms with Crippen LogP contribution in [0.15, 0.2) is 0 Å². The van der Waals surface area contributed by atoms with Gasteiger partial charge in [0.15, 0.2) is 5.82 Å². The van der Waals surface area contributed by atoms with Crippen molar-refractivity contribution in [2.24, 2.45) is 0 Å². The quantitative estimate of drug-likeness (QED) is 0.528. The summed E-state index contributed by atoms with van der Waals surface area (Å²) in [5, 5.41) is 16.3. The lowest BCUT2D eigenvalue weighted by Crippen LogP contribution is -2.31. The first-order chi connectivity index (χ1) is 8.55. The SMILES string of the molecule is CCCNCCCS(=O)(=O)NC(C)c1nn[nH]n1. The third-order valence-corrected chi connectivity index (χ3v) is 3.84. The van der Waals surface area contributed by atoms with Crippen LogP contribution in [-0.2, 0) is 10.0 Å². The Kier molecular flexibility index (Phi) is 6.16. The molecule has 0 amide bonds. The summed E-state index contributed by atoms with van der Waals surface area (Å²) in [6.45, 7) is 5.35. The van der Waals surface area contributed by atoms with Crippen molar-refractivity contribution in [3.63, 3.8) is 0 Å². The summed E-state index contributed by atoms with van der Waals surface area (Å²) in [5.74, 6) is 0.425. The van der Waals surface area contributed by atoms with Gasteiger partial charge in [0, 0.05) is 0 Å². The van der Waals surface area contributed by atoms with Crippen molar-refractivity contribution in [1.29, 1.82) is 0 Å². The molecule has 1 aromatic rings. The fourth-order valence-corrected chi connectivity index (χ4v) is 2.71. The number of nitrogens with one attached hydrogen (secondary N) is 3. The molecule has 0 aromatic carbocycles. The van der Waals surface area contributed by atoms with E-state index in [2.05, 4.69) is 37.6 Å². The molecule has 9 heteroatoms. The first-order valence-corrected chi connectivity index (χ1v) is 7.64. The first kappa shape index (κ1) is 15.0. The van der Waals surface area contributed by atoms with Gasteiger partial charge < -0.3 is 5.32 Å². The van der Waals surface area contributed by atoms with Crippen molar-refractivity contribution in [3.8, 4) is 0 Å². The smallest absolute Gasteiger partial charge is 0.212 e. The minimum absolute atomic E-state index is 0.0892. The molecule has 1 rings (SSSR count). The molecule has 0 aliphatic carbocycles. The molecular weight excluding hydrogens is 256 g/mol. The number of aromatic nitrogens is 4. The highest BCUT2D eigenvalue weighted by Gasteiger charge is 2.18. The Labute approximate surface area is 107 Å². The predicted octanol–water partition coefficient (Wildman–Crippen LogP) is -0.430. The van der Waals surface area contributed by atoms with Crippen LogP contribution in [0.4, 0.5) is 0 Å². The molecule has 0 saturated carbocycles. The molecule has 0 aliphatic heterocycles. The molecule has 1 aromatic heterocycles. The highest BCUT2D eigenvalue weighted by Crippen LogP contribution is 2.05. The fourth-order valence-electron chi connectivity index (χ4n) is 1.42. The Hall–Kier alpha value is -1.06. The van der Waals surface area contributed by atoms with Gasteiger partial charge in [-0.25, -0.2) is 13.1 Å². The molecule has 1 heterocycles. The van der Waals surface area contributed by atoms with Crippen molar-refractivity contribution < 1.29 is 8.42 Å². The van der Waals surface area contributed by atoms with E-state index >= 15 is 0 Å². The van der Waals surface area contributed by atoms with Crippen LogP contribution in [0.5, 0.6) is 0 Å². The van der Waals surface area contributed by atoms with Crippen LogP contribution >= 0.6 is 0 Å². The molecule has 0 spiro atoms. The van der Waals surface area contributed by atoms with Crippen molar-refractivity contribution in [2.45, 2.75) is 32.7 Å². The number of sulfonamides is 1. The summed E-state index contributed by atoms with van der Waals surface area (Å²) in [6.07, 6.45) is 1.62. The molecule has 1 unspecified atom stereocenters. The molecule has 3 N–H and O–H groups in total. The molecule has 0 aliphatic rings. The van der Waals surface area contributed by atoms with Gasteiger partial charge in [0.25, 0.3) is 0 Å². The zero-order chi connectivity index (χ0) is 13.4. The largest absolute Gasteiger partial charge is 0.317 e. The second kappa shape index (κ2) is 7.39. The number of rotatable bonds is 9. The molecule has 0 bridgehead atoms. The number of aromatic amines is 1. The van der Waals surface area contributed by atoms with Gasteiger partial charge in [0.05, 0.1) is 11.8 Å². The first-order valence-electron chi connectivity index (χ1n) is 5.99. The maximum atomic E-state index is 11.7. The number of tetrazole rings is 1. The lowest BCUT2D eigenvalue weighted by Gasteiger charge is -2.10. The van der Waals surface area contributed by atoms with E-state index in [9.17, 15) is 8.42 Å². The summed E-state index contributed by atoms with van der Waals surface area (Å²) < 4.78 is 26.0. The summed E-state index contributed by atoms with van der Waals surface area (Å²) in [4.78, 5) is 0. The standard InChI is InChI=1S/C9H20N6O2S/c1-3-5-10-6-4-7-18(16,17)13-8(2)9-11-14-15-12-9/h8,10,13H,3-7H2,1-2H3,(H,11,12,14,15). The monoisotopic (exact) mass is 276 g/mol.